The van der Waals surface area contributed by atoms with Gasteiger partial charge in [-0.1, -0.05) is 220 Å². The van der Waals surface area contributed by atoms with Crippen LogP contribution in [-0.4, -0.2) is 49.7 Å². The molecule has 0 fully saturated rings. The fourth-order valence-corrected chi connectivity index (χ4v) is 21.1. The van der Waals surface area contributed by atoms with Crippen LogP contribution in [0.5, 0.6) is 11.5 Å². The van der Waals surface area contributed by atoms with Gasteiger partial charge in [0.1, 0.15) is 115 Å². The van der Waals surface area contributed by atoms with Crippen LogP contribution in [-0.2, 0) is 13.2 Å². The van der Waals surface area contributed by atoms with Crippen molar-refractivity contribution in [2.45, 2.75) is 124 Å². The van der Waals surface area contributed by atoms with Crippen molar-refractivity contribution in [3.8, 4) is 122 Å². The first-order valence-electron chi connectivity index (χ1n) is 49.6. The summed E-state index contributed by atoms with van der Waals surface area (Å²) >= 11 is 4.72. The van der Waals surface area contributed by atoms with Gasteiger partial charge in [-0.05, 0) is 337 Å². The largest absolute Gasteiger partial charge is 0.488 e. The highest BCUT2D eigenvalue weighted by Gasteiger charge is 2.25. The maximum absolute atomic E-state index is 5.79. The van der Waals surface area contributed by atoms with Gasteiger partial charge in [0, 0.05) is 109 Å². The molecule has 14 heterocycles. The molecule has 0 spiro atoms. The highest BCUT2D eigenvalue weighted by Crippen LogP contribution is 2.45. The van der Waals surface area contributed by atoms with Gasteiger partial charge in [0.05, 0.1) is 22.8 Å². The summed E-state index contributed by atoms with van der Waals surface area (Å²) in [6.07, 6.45) is 3.91. The zero-order valence-corrected chi connectivity index (χ0v) is 88.4. The Morgan fingerprint density at radius 3 is 1.11 bits per heavy atom. The number of hydrogen-bond acceptors (Lipinski definition) is 22. The molecule has 0 atom stereocenters. The van der Waals surface area contributed by atoms with Crippen molar-refractivity contribution in [2.24, 2.45) is 0 Å². The maximum Gasteiger partial charge on any atom is 0.146 e. The number of ether oxygens (including phenoxy) is 2. The Morgan fingerprint density at radius 1 is 0.220 bits per heavy atom. The standard InChI is InChI=1S/C20H16N2O.C16H12N2O3.C16H12N2O2S.C16H12N2OS2.2C15H13N.2C15H14O/c1-13-3-7-15(8-4-13)17-11-12-18(20-19(17)21-23-22-20)16-9-5-14(2)6-10-16;2*1-9-3-7-13(19-9)11-5-6-12(14-8-4-10(2)20-14)16-15(11)17-21-18-16;1-9-3-7-13(20-9)11-5-6-12(14-8-4-10(2)21-14)16-15(11)17-19-18-16;1-10-3-5-13-12(7-10)9-16-15-8-11(2)4-6-14(13)15;1-10-3-5-12-9-16-15-6-4-11(2)8-14(15)13(12)7-10;1-10-3-5-13-12(7-10)9-16-15-8-11(2)4-6-14(13)15;1-10-3-5-12-9-16-15-6-4-11(2)8-14(15)13(12)7-10/h3-12H,1-2H3;3*3-8H,1-2H3;2*3-9H,1-2H3;2*3-8H,9H2,1-2H3. The zero-order chi connectivity index (χ0) is 103. The van der Waals surface area contributed by atoms with Crippen molar-refractivity contribution in [1.29, 1.82) is 0 Å². The molecule has 0 amide bonds. The van der Waals surface area contributed by atoms with Crippen LogP contribution in [0.25, 0.3) is 198 Å². The van der Waals surface area contributed by atoms with Gasteiger partial charge in [0.25, 0.3) is 0 Å². The van der Waals surface area contributed by atoms with Gasteiger partial charge in [-0.3, -0.25) is 9.97 Å². The Balaban J connectivity index is 0.000000100. The van der Waals surface area contributed by atoms with Crippen molar-refractivity contribution in [3.63, 3.8) is 0 Å². The van der Waals surface area contributed by atoms with Gasteiger partial charge < -0.3 is 27.1 Å². The number of fused-ring (bicyclic) bond motifs is 16. The van der Waals surface area contributed by atoms with Crippen LogP contribution in [0.2, 0.25) is 0 Å². The Morgan fingerprint density at radius 2 is 0.593 bits per heavy atom. The molecule has 150 heavy (non-hydrogen) atoms. The molecule has 0 bridgehead atoms. The molecule has 0 saturated carbocycles. The lowest BCUT2D eigenvalue weighted by atomic mass is 9.94. The minimum Gasteiger partial charge on any atom is -0.488 e. The molecule has 0 radical (unpaired) electrons. The summed E-state index contributed by atoms with van der Waals surface area (Å²) in [5.41, 5.74) is 38.9. The predicted octanol–water partition coefficient (Wildman–Crippen LogP) is 35.4. The van der Waals surface area contributed by atoms with Gasteiger partial charge in [0.15, 0.2) is 0 Å². The fraction of sp³-hybridized carbons (Fsp3) is 0.141. The summed E-state index contributed by atoms with van der Waals surface area (Å²) in [6, 6.07) is 109. The second-order valence-corrected chi connectivity index (χ2v) is 41.4. The van der Waals surface area contributed by atoms with E-state index in [4.69, 9.17) is 41.0 Å². The number of nitrogens with zero attached hydrogens (tertiary/aromatic N) is 10. The van der Waals surface area contributed by atoms with Crippen LogP contribution in [0.4, 0.5) is 0 Å². The van der Waals surface area contributed by atoms with Crippen molar-refractivity contribution in [1.82, 2.24) is 49.7 Å². The normalized spacial score (nSPS) is 11.5. The summed E-state index contributed by atoms with van der Waals surface area (Å²) in [5.74, 6) is 8.59. The lowest BCUT2D eigenvalue weighted by molar-refractivity contribution is 0.302. The van der Waals surface area contributed by atoms with Crippen LogP contribution in [0.1, 0.15) is 99.6 Å². The lowest BCUT2D eigenvalue weighted by Crippen LogP contribution is -2.05. The number of hydrogen-bond donors (Lipinski definition) is 0. The Kier molecular flexibility index (Phi) is 28.2. The molecule has 2 aliphatic heterocycles. The molecular formula is C128H106N10O9S3. The number of thiophene rings is 2. The first-order valence-corrected chi connectivity index (χ1v) is 51.9. The summed E-state index contributed by atoms with van der Waals surface area (Å²) in [5, 5.41) is 32.0. The zero-order valence-electron chi connectivity index (χ0n) is 86.0. The molecular weight excluding hydrogens is 1920 g/mol. The van der Waals surface area contributed by atoms with E-state index in [1.807, 2.05) is 113 Å². The third kappa shape index (κ3) is 21.3. The number of pyridine rings is 2. The molecule has 0 N–H and O–H groups in total. The molecule has 2 aliphatic rings. The van der Waals surface area contributed by atoms with E-state index in [1.165, 1.54) is 153 Å². The molecule has 22 heteroatoms. The molecule has 14 aromatic carbocycles. The fourth-order valence-electron chi connectivity index (χ4n) is 18.8. The molecule has 740 valence electrons. The van der Waals surface area contributed by atoms with Gasteiger partial charge in [-0.25, -0.2) is 13.9 Å². The second-order valence-electron chi connectivity index (χ2n) is 38.3. The Hall–Kier alpha value is -17.4. The number of benzene rings is 14. The highest BCUT2D eigenvalue weighted by molar-refractivity contribution is 7.16. The minimum absolute atomic E-state index is 0.663. The molecule has 19 nitrogen and oxygen atoms in total. The van der Waals surface area contributed by atoms with E-state index in [-0.39, 0.29) is 0 Å². The smallest absolute Gasteiger partial charge is 0.146 e. The summed E-state index contributed by atoms with van der Waals surface area (Å²) < 4.78 is 58.1. The number of rotatable bonds is 8. The molecule has 26 aromatic rings. The van der Waals surface area contributed by atoms with Crippen molar-refractivity contribution in [2.75, 3.05) is 0 Å². The molecule has 12 aromatic heterocycles. The van der Waals surface area contributed by atoms with E-state index in [9.17, 15) is 0 Å². The number of aromatic nitrogens is 10. The minimum atomic E-state index is 0.663. The van der Waals surface area contributed by atoms with Crippen LogP contribution in [0.3, 0.4) is 0 Å². The van der Waals surface area contributed by atoms with Crippen LogP contribution < -0.4 is 9.47 Å². The van der Waals surface area contributed by atoms with Gasteiger partial charge in [0.2, 0.25) is 0 Å². The van der Waals surface area contributed by atoms with Crippen molar-refractivity contribution in [3.05, 3.63) is 427 Å². The third-order valence-electron chi connectivity index (χ3n) is 26.6. The second kappa shape index (κ2) is 42.9. The molecule has 28 rings (SSSR count). The average molecular weight is 2020 g/mol. The molecule has 0 unspecified atom stereocenters. The first-order chi connectivity index (χ1) is 72.8. The van der Waals surface area contributed by atoms with Crippen LogP contribution >= 0.6 is 34.4 Å². The predicted molar refractivity (Wildman–Crippen MR) is 608 cm³/mol. The monoisotopic (exact) mass is 2020 g/mol. The van der Waals surface area contributed by atoms with Crippen LogP contribution in [0.15, 0.2) is 359 Å². The first kappa shape index (κ1) is 98.6. The van der Waals surface area contributed by atoms with Gasteiger partial charge in [-0.2, -0.15) is 8.75 Å². The Bertz CT molecular complexity index is 8580. The van der Waals surface area contributed by atoms with E-state index < -0.39 is 0 Å². The number of aryl methyl sites for hydroxylation is 16. The quantitative estimate of drug-likeness (QED) is 0.128. The maximum atomic E-state index is 5.79. The molecule has 0 aliphatic carbocycles. The van der Waals surface area contributed by atoms with E-state index in [2.05, 4.69) is 375 Å². The summed E-state index contributed by atoms with van der Waals surface area (Å²) in [4.78, 5) is 14.0. The summed E-state index contributed by atoms with van der Waals surface area (Å²) in [6.45, 7) is 34.3. The number of furan rings is 4. The lowest BCUT2D eigenvalue weighted by Gasteiger charge is -2.21. The summed E-state index contributed by atoms with van der Waals surface area (Å²) in [7, 11) is 0. The average Bonchev–Trinajstić information content (AvgIpc) is 1.61. The van der Waals surface area contributed by atoms with Crippen molar-refractivity contribution < 1.29 is 41.0 Å². The van der Waals surface area contributed by atoms with E-state index in [0.29, 0.717) is 24.2 Å². The third-order valence-corrected chi connectivity index (χ3v) is 29.2. The Labute approximate surface area is 879 Å². The topological polar surface area (TPSA) is 239 Å². The van der Waals surface area contributed by atoms with E-state index >= 15 is 0 Å². The highest BCUT2D eigenvalue weighted by atomic mass is 32.1. The van der Waals surface area contributed by atoms with E-state index in [0.717, 1.165) is 157 Å². The van der Waals surface area contributed by atoms with E-state index in [1.54, 1.807) is 22.7 Å². The van der Waals surface area contributed by atoms with Crippen LogP contribution in [0, 0.1) is 111 Å². The van der Waals surface area contributed by atoms with Gasteiger partial charge in [-0.15, -0.1) is 22.7 Å². The van der Waals surface area contributed by atoms with Gasteiger partial charge >= 0.3 is 0 Å². The molecule has 0 saturated heterocycles. The SMILES string of the molecule is Cc1ccc(-c2ccc(-c3ccc(C)cc3)c3nonc23)cc1.Cc1ccc(-c2ccc(-c3ccc(C)o3)c3nonc23)o1.Cc1ccc(-c2ccc(-c3ccc(C)o3)c3nsnc23)o1.Cc1ccc(-c2ccc(-c3ccc(C)s3)c3nonc23)s1.Cc1ccc2c(c1)-c1cc(C)ccc1OC2.Cc1ccc2c(c1)COc1cc(C)ccc1-2.Cc1ccc2c(cnc3cc(C)ccc32)c1.Cc1ccc2cnc3ccc(C)cc3c2c1. The van der Waals surface area contributed by atoms with Crippen molar-refractivity contribution >= 4 is 122 Å².